The molecule has 0 saturated heterocycles. The molecule has 0 aromatic rings. The lowest BCUT2D eigenvalue weighted by molar-refractivity contribution is -0.157. The van der Waals surface area contributed by atoms with Gasteiger partial charge in [0.15, 0.2) is 6.10 Å². The maximum absolute atomic E-state index is 11.2. The highest BCUT2D eigenvalue weighted by atomic mass is 16.5. The predicted molar refractivity (Wildman–Crippen MR) is 49.1 cm³/mol. The molecule has 1 saturated carbocycles. The van der Waals surface area contributed by atoms with E-state index in [1.165, 1.54) is 7.11 Å². The van der Waals surface area contributed by atoms with E-state index in [2.05, 4.69) is 4.74 Å². The average molecular weight is 186 g/mol. The van der Waals surface area contributed by atoms with Crippen LogP contribution in [0.3, 0.4) is 0 Å². The summed E-state index contributed by atoms with van der Waals surface area (Å²) in [5, 5.41) is 9.77. The van der Waals surface area contributed by atoms with Crippen LogP contribution in [0.15, 0.2) is 0 Å². The number of aliphatic hydroxyl groups is 1. The highest BCUT2D eigenvalue weighted by molar-refractivity contribution is 5.76. The Bertz CT molecular complexity index is 211. The van der Waals surface area contributed by atoms with Gasteiger partial charge >= 0.3 is 5.97 Å². The van der Waals surface area contributed by atoms with Crippen molar-refractivity contribution in [1.29, 1.82) is 0 Å². The molecule has 1 fully saturated rings. The minimum Gasteiger partial charge on any atom is -0.467 e. The number of methoxy groups -OCH3 is 1. The van der Waals surface area contributed by atoms with E-state index in [1.54, 1.807) is 0 Å². The quantitative estimate of drug-likeness (QED) is 0.662. The summed E-state index contributed by atoms with van der Waals surface area (Å²) in [5.74, 6) is -0.507. The first-order valence-electron chi connectivity index (χ1n) is 4.61. The van der Waals surface area contributed by atoms with Gasteiger partial charge in [0, 0.05) is 5.41 Å². The Labute approximate surface area is 79.1 Å². The molecule has 0 amide bonds. The fourth-order valence-electron chi connectivity index (χ4n) is 1.91. The number of ether oxygens (including phenoxy) is 1. The number of carbonyl (C=O) groups is 1. The van der Waals surface area contributed by atoms with Crippen molar-refractivity contribution in [3.05, 3.63) is 0 Å². The molecule has 13 heavy (non-hydrogen) atoms. The molecule has 3 heteroatoms. The van der Waals surface area contributed by atoms with Crippen molar-refractivity contribution in [2.45, 2.75) is 39.7 Å². The standard InChI is InChI=1S/C10H18O3/c1-9(2,3)10(5-6-10)7(11)8(12)13-4/h7,11H,5-6H2,1-4H3. The van der Waals surface area contributed by atoms with Crippen molar-refractivity contribution >= 4 is 5.97 Å². The summed E-state index contributed by atoms with van der Waals surface area (Å²) in [4.78, 5) is 11.2. The Morgan fingerprint density at radius 1 is 1.46 bits per heavy atom. The van der Waals surface area contributed by atoms with Crippen molar-refractivity contribution in [1.82, 2.24) is 0 Å². The van der Waals surface area contributed by atoms with Gasteiger partial charge in [0.1, 0.15) is 0 Å². The number of hydrogen-bond acceptors (Lipinski definition) is 3. The Morgan fingerprint density at radius 2 is 1.92 bits per heavy atom. The van der Waals surface area contributed by atoms with E-state index >= 15 is 0 Å². The molecule has 1 aliphatic carbocycles. The van der Waals surface area contributed by atoms with E-state index in [0.717, 1.165) is 12.8 Å². The highest BCUT2D eigenvalue weighted by Gasteiger charge is 2.59. The molecule has 1 N–H and O–H groups in total. The van der Waals surface area contributed by atoms with Gasteiger partial charge in [0.25, 0.3) is 0 Å². The first kappa shape index (κ1) is 10.5. The van der Waals surface area contributed by atoms with E-state index in [1.807, 2.05) is 20.8 Å². The molecule has 0 aromatic heterocycles. The maximum Gasteiger partial charge on any atom is 0.335 e. The molecule has 1 unspecified atom stereocenters. The molecule has 0 spiro atoms. The Kier molecular flexibility index (Phi) is 2.41. The molecule has 0 radical (unpaired) electrons. The van der Waals surface area contributed by atoms with Crippen LogP contribution in [0.4, 0.5) is 0 Å². The van der Waals surface area contributed by atoms with Crippen LogP contribution >= 0.6 is 0 Å². The summed E-state index contributed by atoms with van der Waals surface area (Å²) >= 11 is 0. The fourth-order valence-corrected chi connectivity index (χ4v) is 1.91. The van der Waals surface area contributed by atoms with E-state index in [9.17, 15) is 9.90 Å². The minimum absolute atomic E-state index is 0.0411. The van der Waals surface area contributed by atoms with Crippen molar-refractivity contribution < 1.29 is 14.6 Å². The average Bonchev–Trinajstić information content (AvgIpc) is 2.80. The summed E-state index contributed by atoms with van der Waals surface area (Å²) in [6.07, 6.45) is 0.858. The van der Waals surface area contributed by atoms with Gasteiger partial charge in [-0.25, -0.2) is 4.79 Å². The van der Waals surface area contributed by atoms with Crippen LogP contribution in [0.5, 0.6) is 0 Å². The SMILES string of the molecule is COC(=O)C(O)C1(C(C)(C)C)CC1. The smallest absolute Gasteiger partial charge is 0.335 e. The lowest BCUT2D eigenvalue weighted by Gasteiger charge is -2.33. The lowest BCUT2D eigenvalue weighted by Crippen LogP contribution is -2.40. The number of esters is 1. The molecule has 0 aliphatic heterocycles. The van der Waals surface area contributed by atoms with E-state index < -0.39 is 12.1 Å². The van der Waals surface area contributed by atoms with Crippen molar-refractivity contribution in [2.24, 2.45) is 10.8 Å². The van der Waals surface area contributed by atoms with Gasteiger partial charge in [-0.05, 0) is 18.3 Å². The molecule has 0 aromatic carbocycles. The van der Waals surface area contributed by atoms with Gasteiger partial charge < -0.3 is 9.84 Å². The molecule has 0 bridgehead atoms. The monoisotopic (exact) mass is 186 g/mol. The third-order valence-corrected chi connectivity index (χ3v) is 3.23. The molecule has 1 rings (SSSR count). The van der Waals surface area contributed by atoms with Crippen LogP contribution < -0.4 is 0 Å². The molecule has 1 aliphatic rings. The van der Waals surface area contributed by atoms with Gasteiger partial charge in [-0.15, -0.1) is 0 Å². The number of rotatable bonds is 2. The summed E-state index contributed by atoms with van der Waals surface area (Å²) in [6, 6.07) is 0. The van der Waals surface area contributed by atoms with Gasteiger partial charge in [-0.3, -0.25) is 0 Å². The fraction of sp³-hybridized carbons (Fsp3) is 0.900. The molecular weight excluding hydrogens is 168 g/mol. The van der Waals surface area contributed by atoms with Crippen LogP contribution in [-0.4, -0.2) is 24.3 Å². The summed E-state index contributed by atoms with van der Waals surface area (Å²) in [5.41, 5.74) is -0.291. The Hall–Kier alpha value is -0.570. The first-order chi connectivity index (χ1) is 5.85. The van der Waals surface area contributed by atoms with Gasteiger partial charge in [0.2, 0.25) is 0 Å². The zero-order valence-corrected chi connectivity index (χ0v) is 8.76. The van der Waals surface area contributed by atoms with Gasteiger partial charge in [-0.1, -0.05) is 20.8 Å². The van der Waals surface area contributed by atoms with Gasteiger partial charge in [0.05, 0.1) is 7.11 Å². The first-order valence-corrected chi connectivity index (χ1v) is 4.61. The highest BCUT2D eigenvalue weighted by Crippen LogP contribution is 2.60. The summed E-state index contributed by atoms with van der Waals surface area (Å²) in [7, 11) is 1.31. The third-order valence-electron chi connectivity index (χ3n) is 3.23. The Balaban J connectivity index is 2.77. The number of hydrogen-bond donors (Lipinski definition) is 1. The molecule has 0 heterocycles. The normalized spacial score (nSPS) is 22.2. The predicted octanol–water partition coefficient (Wildman–Crippen LogP) is 1.35. The summed E-state index contributed by atoms with van der Waals surface area (Å²) in [6.45, 7) is 6.14. The lowest BCUT2D eigenvalue weighted by atomic mass is 9.74. The third kappa shape index (κ3) is 1.57. The zero-order chi connectivity index (χ0) is 10.3. The molecule has 1 atom stereocenters. The van der Waals surface area contributed by atoms with Crippen molar-refractivity contribution in [3.8, 4) is 0 Å². The van der Waals surface area contributed by atoms with Crippen LogP contribution in [0.2, 0.25) is 0 Å². The molecule has 3 nitrogen and oxygen atoms in total. The van der Waals surface area contributed by atoms with Crippen molar-refractivity contribution in [2.75, 3.05) is 7.11 Å². The summed E-state index contributed by atoms with van der Waals surface area (Å²) < 4.78 is 4.54. The molecule has 76 valence electrons. The second-order valence-corrected chi connectivity index (χ2v) is 4.83. The van der Waals surface area contributed by atoms with Crippen LogP contribution in [0.25, 0.3) is 0 Å². The van der Waals surface area contributed by atoms with Crippen molar-refractivity contribution in [3.63, 3.8) is 0 Å². The molecular formula is C10H18O3. The topological polar surface area (TPSA) is 46.5 Å². The second-order valence-electron chi connectivity index (χ2n) is 4.83. The maximum atomic E-state index is 11.2. The zero-order valence-electron chi connectivity index (χ0n) is 8.76. The number of aliphatic hydroxyl groups excluding tert-OH is 1. The van der Waals surface area contributed by atoms with Crippen LogP contribution in [0.1, 0.15) is 33.6 Å². The van der Waals surface area contributed by atoms with Crippen LogP contribution in [-0.2, 0) is 9.53 Å². The largest absolute Gasteiger partial charge is 0.467 e. The minimum atomic E-state index is -0.961. The Morgan fingerprint density at radius 3 is 2.15 bits per heavy atom. The second kappa shape index (κ2) is 2.98. The van der Waals surface area contributed by atoms with Gasteiger partial charge in [-0.2, -0.15) is 0 Å². The van der Waals surface area contributed by atoms with Crippen LogP contribution in [0, 0.1) is 10.8 Å². The van der Waals surface area contributed by atoms with E-state index in [4.69, 9.17) is 0 Å². The van der Waals surface area contributed by atoms with E-state index in [0.29, 0.717) is 0 Å². The number of carbonyl (C=O) groups excluding carboxylic acids is 1. The van der Waals surface area contributed by atoms with E-state index in [-0.39, 0.29) is 10.8 Å².